The van der Waals surface area contributed by atoms with Gasteiger partial charge in [-0.25, -0.2) is 4.79 Å². The molecule has 0 saturated heterocycles. The topological polar surface area (TPSA) is 128 Å². The van der Waals surface area contributed by atoms with Gasteiger partial charge in [0.25, 0.3) is 0 Å². The number of rotatable bonds is 6. The van der Waals surface area contributed by atoms with Crippen LogP contribution in [0.2, 0.25) is 0 Å². The van der Waals surface area contributed by atoms with Crippen LogP contribution in [0.5, 0.6) is 11.5 Å². The van der Waals surface area contributed by atoms with Crippen molar-refractivity contribution in [3.05, 3.63) is 47.5 Å². The van der Waals surface area contributed by atoms with E-state index >= 15 is 0 Å². The Balaban J connectivity index is 2.26. The molecule has 0 unspecified atom stereocenters. The molecule has 0 fully saturated rings. The largest absolute Gasteiger partial charge is 0.380 e. The maximum atomic E-state index is 12.4. The molecule has 2 amide bonds. The van der Waals surface area contributed by atoms with Crippen molar-refractivity contribution in [3.63, 3.8) is 0 Å². The third kappa shape index (κ3) is 6.74. The Morgan fingerprint density at radius 1 is 0.750 bits per heavy atom. The molecule has 11 heteroatoms. The van der Waals surface area contributed by atoms with E-state index in [-0.39, 0.29) is 22.9 Å². The van der Waals surface area contributed by atoms with Gasteiger partial charge >= 0.3 is 26.3 Å². The second-order valence-corrected chi connectivity index (χ2v) is 9.30. The summed E-state index contributed by atoms with van der Waals surface area (Å²) in [6.45, 7) is 3.47. The minimum Gasteiger partial charge on any atom is -0.380 e. The molecule has 0 bridgehead atoms. The first-order chi connectivity index (χ1) is 12.8. The number of amides is 2. The third-order valence-corrected chi connectivity index (χ3v) is 4.22. The fourth-order valence-electron chi connectivity index (χ4n) is 2.21. The Morgan fingerprint density at radius 3 is 1.43 bits per heavy atom. The van der Waals surface area contributed by atoms with Gasteiger partial charge in [0, 0.05) is 0 Å². The van der Waals surface area contributed by atoms with Gasteiger partial charge in [0.1, 0.15) is 0 Å². The summed E-state index contributed by atoms with van der Waals surface area (Å²) >= 11 is 0. The van der Waals surface area contributed by atoms with E-state index in [1.54, 1.807) is 26.0 Å². The van der Waals surface area contributed by atoms with Gasteiger partial charge in [-0.15, -0.1) is 0 Å². The van der Waals surface area contributed by atoms with Gasteiger partial charge in [-0.1, -0.05) is 12.1 Å². The summed E-state index contributed by atoms with van der Waals surface area (Å²) in [5.74, 6) is -0.0941. The number of hydrogen-bond acceptors (Lipinski definition) is 7. The van der Waals surface area contributed by atoms with Gasteiger partial charge < -0.3 is 19.0 Å². The number of urea groups is 1. The quantitative estimate of drug-likeness (QED) is 0.677. The molecule has 0 aliphatic carbocycles. The normalized spacial score (nSPS) is 11.6. The summed E-state index contributed by atoms with van der Waals surface area (Å²) in [4.78, 5) is 12.4. The standard InChI is InChI=1S/C17H20N2O7S2/c1-11-5-7-13(15(9-11)25-27(3,21)22)18-17(20)19-14-8-6-12(2)10-16(14)26-28(4,23)24/h5-10H,1-4H3,(H2,18,19,20). The molecule has 0 heterocycles. The van der Waals surface area contributed by atoms with Gasteiger partial charge in [0.15, 0.2) is 11.5 Å². The van der Waals surface area contributed by atoms with Crippen LogP contribution in [0.25, 0.3) is 0 Å². The average Bonchev–Trinajstić information content (AvgIpc) is 2.50. The lowest BCUT2D eigenvalue weighted by molar-refractivity contribution is 0.262. The fourth-order valence-corrected chi connectivity index (χ4v) is 3.13. The maximum absolute atomic E-state index is 12.4. The predicted octanol–water partition coefficient (Wildman–Crippen LogP) is 2.62. The first kappa shape index (κ1) is 21.5. The molecule has 0 atom stereocenters. The lowest BCUT2D eigenvalue weighted by Crippen LogP contribution is -2.21. The second kappa shape index (κ2) is 8.07. The first-order valence-electron chi connectivity index (χ1n) is 7.90. The van der Waals surface area contributed by atoms with E-state index in [2.05, 4.69) is 10.6 Å². The second-order valence-electron chi connectivity index (χ2n) is 6.15. The number of nitrogens with one attached hydrogen (secondary N) is 2. The van der Waals surface area contributed by atoms with Gasteiger partial charge in [0.05, 0.1) is 23.9 Å². The van der Waals surface area contributed by atoms with Crippen LogP contribution in [-0.4, -0.2) is 35.4 Å². The third-order valence-electron chi connectivity index (χ3n) is 3.25. The van der Waals surface area contributed by atoms with Crippen LogP contribution in [0.4, 0.5) is 16.2 Å². The van der Waals surface area contributed by atoms with E-state index in [4.69, 9.17) is 8.37 Å². The fraction of sp³-hybridized carbons (Fsp3) is 0.235. The molecule has 0 aliphatic heterocycles. The zero-order valence-electron chi connectivity index (χ0n) is 15.6. The Labute approximate surface area is 163 Å². The Bertz CT molecular complexity index is 1020. The zero-order valence-corrected chi connectivity index (χ0v) is 17.3. The molecule has 0 spiro atoms. The number of carbonyl (C=O) groups excluding carboxylic acids is 1. The minimum atomic E-state index is -3.80. The monoisotopic (exact) mass is 428 g/mol. The smallest absolute Gasteiger partial charge is 0.323 e. The molecule has 2 N–H and O–H groups in total. The zero-order chi connectivity index (χ0) is 21.1. The molecule has 2 aromatic carbocycles. The summed E-state index contributed by atoms with van der Waals surface area (Å²) in [5, 5.41) is 4.94. The van der Waals surface area contributed by atoms with Crippen LogP contribution in [0.3, 0.4) is 0 Å². The van der Waals surface area contributed by atoms with Crippen LogP contribution in [-0.2, 0) is 20.2 Å². The van der Waals surface area contributed by atoms with E-state index in [0.717, 1.165) is 23.6 Å². The van der Waals surface area contributed by atoms with Crippen molar-refractivity contribution in [2.75, 3.05) is 23.1 Å². The van der Waals surface area contributed by atoms with E-state index in [1.165, 1.54) is 24.3 Å². The van der Waals surface area contributed by atoms with Crippen molar-refractivity contribution in [3.8, 4) is 11.5 Å². The van der Waals surface area contributed by atoms with E-state index in [1.807, 2.05) is 0 Å². The summed E-state index contributed by atoms with van der Waals surface area (Å²) in [6, 6.07) is 8.46. The molecule has 2 rings (SSSR count). The number of hydrogen-bond donors (Lipinski definition) is 2. The van der Waals surface area contributed by atoms with E-state index < -0.39 is 26.3 Å². The first-order valence-corrected chi connectivity index (χ1v) is 11.5. The number of carbonyl (C=O) groups is 1. The molecule has 2 aromatic rings. The highest BCUT2D eigenvalue weighted by Crippen LogP contribution is 2.29. The molecular weight excluding hydrogens is 408 g/mol. The van der Waals surface area contributed by atoms with Crippen LogP contribution < -0.4 is 19.0 Å². The minimum absolute atomic E-state index is 0.0471. The van der Waals surface area contributed by atoms with Crippen molar-refractivity contribution >= 4 is 37.6 Å². The van der Waals surface area contributed by atoms with Crippen molar-refractivity contribution in [1.82, 2.24) is 0 Å². The van der Waals surface area contributed by atoms with E-state index in [9.17, 15) is 21.6 Å². The SMILES string of the molecule is Cc1ccc(NC(=O)Nc2ccc(C)cc2OS(C)(=O)=O)c(OS(C)(=O)=O)c1. The number of benzene rings is 2. The Morgan fingerprint density at radius 2 is 1.11 bits per heavy atom. The van der Waals surface area contributed by atoms with Crippen LogP contribution in [0.1, 0.15) is 11.1 Å². The van der Waals surface area contributed by atoms with Crippen LogP contribution in [0.15, 0.2) is 36.4 Å². The van der Waals surface area contributed by atoms with Crippen molar-refractivity contribution in [2.24, 2.45) is 0 Å². The van der Waals surface area contributed by atoms with Crippen molar-refractivity contribution < 1.29 is 30.0 Å². The molecule has 0 saturated carbocycles. The van der Waals surface area contributed by atoms with Gasteiger partial charge in [-0.05, 0) is 49.2 Å². The molecular formula is C17H20N2O7S2. The lowest BCUT2D eigenvalue weighted by atomic mass is 10.2. The van der Waals surface area contributed by atoms with Crippen LogP contribution in [0, 0.1) is 13.8 Å². The number of aryl methyl sites for hydroxylation is 2. The molecule has 152 valence electrons. The molecule has 9 nitrogen and oxygen atoms in total. The maximum Gasteiger partial charge on any atom is 0.323 e. The van der Waals surface area contributed by atoms with Crippen LogP contribution >= 0.6 is 0 Å². The van der Waals surface area contributed by atoms with Gasteiger partial charge in [0.2, 0.25) is 0 Å². The van der Waals surface area contributed by atoms with Gasteiger partial charge in [-0.3, -0.25) is 0 Å². The summed E-state index contributed by atoms with van der Waals surface area (Å²) in [6.07, 6.45) is 1.78. The lowest BCUT2D eigenvalue weighted by Gasteiger charge is -2.14. The molecule has 28 heavy (non-hydrogen) atoms. The van der Waals surface area contributed by atoms with Crippen molar-refractivity contribution in [2.45, 2.75) is 13.8 Å². The molecule has 0 aromatic heterocycles. The Hall–Kier alpha value is -2.79. The van der Waals surface area contributed by atoms with E-state index in [0.29, 0.717) is 0 Å². The summed E-state index contributed by atoms with van der Waals surface area (Å²) in [5.41, 5.74) is 1.69. The molecule has 0 aliphatic rings. The summed E-state index contributed by atoms with van der Waals surface area (Å²) < 4.78 is 55.5. The summed E-state index contributed by atoms with van der Waals surface area (Å²) in [7, 11) is -7.60. The average molecular weight is 428 g/mol. The van der Waals surface area contributed by atoms with Crippen molar-refractivity contribution in [1.29, 1.82) is 0 Å². The Kier molecular flexibility index (Phi) is 6.20. The number of anilines is 2. The highest BCUT2D eigenvalue weighted by Gasteiger charge is 2.16. The molecule has 0 radical (unpaired) electrons. The predicted molar refractivity (Wildman–Crippen MR) is 106 cm³/mol. The highest BCUT2D eigenvalue weighted by molar-refractivity contribution is 7.86. The highest BCUT2D eigenvalue weighted by atomic mass is 32.2. The van der Waals surface area contributed by atoms with Gasteiger partial charge in [-0.2, -0.15) is 16.8 Å².